The molecule has 3 aliphatic carbocycles. The van der Waals surface area contributed by atoms with E-state index in [1.807, 2.05) is 13.8 Å². The van der Waals surface area contributed by atoms with E-state index >= 15 is 0 Å². The van der Waals surface area contributed by atoms with Crippen molar-refractivity contribution < 1.29 is 19.5 Å². The molecule has 4 nitrogen and oxygen atoms in total. The van der Waals surface area contributed by atoms with Crippen LogP contribution in [0.3, 0.4) is 0 Å². The third-order valence-corrected chi connectivity index (χ3v) is 11.0. The highest BCUT2D eigenvalue weighted by molar-refractivity contribution is 6.21. The number of hydrogen-bond acceptors (Lipinski definition) is 4. The molecule has 0 fully saturated rings. The molecule has 194 valence electrons. The van der Waals surface area contributed by atoms with Gasteiger partial charge in [-0.3, -0.25) is 14.4 Å². The first-order valence-electron chi connectivity index (χ1n) is 13.2. The molecule has 5 atom stereocenters. The summed E-state index contributed by atoms with van der Waals surface area (Å²) >= 11 is 0. The lowest BCUT2D eigenvalue weighted by atomic mass is 9.38. The van der Waals surface area contributed by atoms with E-state index in [0.29, 0.717) is 0 Å². The van der Waals surface area contributed by atoms with Crippen LogP contribution >= 0.6 is 0 Å². The van der Waals surface area contributed by atoms with Gasteiger partial charge in [-0.05, 0) is 79.5 Å². The van der Waals surface area contributed by atoms with Crippen molar-refractivity contribution in [2.45, 2.75) is 101 Å². The van der Waals surface area contributed by atoms with Gasteiger partial charge >= 0.3 is 0 Å². The van der Waals surface area contributed by atoms with Crippen molar-refractivity contribution in [2.75, 3.05) is 0 Å². The van der Waals surface area contributed by atoms with Crippen LogP contribution in [0.25, 0.3) is 0 Å². The van der Waals surface area contributed by atoms with Crippen LogP contribution in [-0.2, 0) is 15.0 Å². The molecule has 0 bridgehead atoms. The van der Waals surface area contributed by atoms with Gasteiger partial charge in [-0.1, -0.05) is 60.1 Å². The number of ketones is 3. The summed E-state index contributed by atoms with van der Waals surface area (Å²) in [5.74, 6) is -0.940. The van der Waals surface area contributed by atoms with Gasteiger partial charge in [0.15, 0.2) is 17.3 Å². The molecule has 0 saturated carbocycles. The number of allylic oxidation sites excluding steroid dienone is 3. The molecular weight excluding hydrogens is 448 g/mol. The molecule has 4 heteroatoms. The van der Waals surface area contributed by atoms with Gasteiger partial charge in [0.1, 0.15) is 5.76 Å². The maximum atomic E-state index is 14.6. The number of benzene rings is 1. The van der Waals surface area contributed by atoms with Crippen molar-refractivity contribution >= 4 is 17.3 Å². The van der Waals surface area contributed by atoms with Crippen molar-refractivity contribution in [3.8, 4) is 0 Å². The van der Waals surface area contributed by atoms with Gasteiger partial charge in [0.05, 0.1) is 11.0 Å². The molecule has 3 aliphatic rings. The second-order valence-electron chi connectivity index (χ2n) is 13.4. The second-order valence-corrected chi connectivity index (χ2v) is 13.4. The Labute approximate surface area is 216 Å². The standard InChI is InChI=1S/C32H42O4/c1-15-13-21(29(7,8)9)16(2)24-23(15)17(3)31(11)20(6)30(10)14-22(34)25(19(5)33)28(36)32(30,12)18(4)26(31)27(24)35/h13,17,20,36H,14H2,1-12H3/t17-,20+,30+,31-,32+/m1/s1. The first kappa shape index (κ1) is 26.6. The van der Waals surface area contributed by atoms with E-state index in [-0.39, 0.29) is 46.6 Å². The summed E-state index contributed by atoms with van der Waals surface area (Å²) in [6.07, 6.45) is 0.165. The molecule has 0 aromatic heterocycles. The number of rotatable bonds is 1. The van der Waals surface area contributed by atoms with Gasteiger partial charge in [-0.15, -0.1) is 0 Å². The fraction of sp³-hybridized carbons (Fsp3) is 0.594. The highest BCUT2D eigenvalue weighted by atomic mass is 16.3. The minimum Gasteiger partial charge on any atom is -0.510 e. The largest absolute Gasteiger partial charge is 0.510 e. The van der Waals surface area contributed by atoms with Crippen molar-refractivity contribution in [1.82, 2.24) is 0 Å². The number of carbonyl (C=O) groups excluding carboxylic acids is 3. The Bertz CT molecular complexity index is 1320. The average Bonchev–Trinajstić information content (AvgIpc) is 2.74. The Morgan fingerprint density at radius 1 is 1.06 bits per heavy atom. The van der Waals surface area contributed by atoms with Crippen molar-refractivity contribution in [1.29, 1.82) is 0 Å². The fourth-order valence-electron chi connectivity index (χ4n) is 8.34. The Hall–Kier alpha value is -2.49. The maximum Gasteiger partial charge on any atom is 0.190 e. The monoisotopic (exact) mass is 490 g/mol. The van der Waals surface area contributed by atoms with E-state index < -0.39 is 22.0 Å². The first-order valence-corrected chi connectivity index (χ1v) is 13.2. The van der Waals surface area contributed by atoms with Crippen LogP contribution in [0.1, 0.15) is 114 Å². The molecule has 0 unspecified atom stereocenters. The molecule has 0 spiro atoms. The molecule has 0 saturated heterocycles. The SMILES string of the molecule is CC(=O)C1=C(O)[C@]2(C)C(C)=C3C(=O)c4c(C)c(C(C)(C)C)cc(C)c4[C@@H](C)[C@]3(C)[C@@H](C)[C@]2(C)CC1=O. The molecule has 0 aliphatic heterocycles. The topological polar surface area (TPSA) is 71.4 Å². The van der Waals surface area contributed by atoms with E-state index in [1.54, 1.807) is 0 Å². The van der Waals surface area contributed by atoms with Crippen LogP contribution < -0.4 is 0 Å². The Morgan fingerprint density at radius 2 is 1.61 bits per heavy atom. The minimum absolute atomic E-state index is 0.0269. The second kappa shape index (κ2) is 7.52. The van der Waals surface area contributed by atoms with E-state index in [9.17, 15) is 19.5 Å². The van der Waals surface area contributed by atoms with Gasteiger partial charge < -0.3 is 5.11 Å². The molecule has 36 heavy (non-hydrogen) atoms. The van der Waals surface area contributed by atoms with Crippen LogP contribution in [0, 0.1) is 36.0 Å². The lowest BCUT2D eigenvalue weighted by Crippen LogP contribution is -2.61. The van der Waals surface area contributed by atoms with Crippen molar-refractivity contribution in [3.05, 3.63) is 56.4 Å². The summed E-state index contributed by atoms with van der Waals surface area (Å²) in [6, 6.07) is 2.25. The Balaban J connectivity index is 2.17. The maximum absolute atomic E-state index is 14.6. The Morgan fingerprint density at radius 3 is 2.11 bits per heavy atom. The molecule has 0 amide bonds. The average molecular weight is 491 g/mol. The number of aliphatic hydroxyl groups is 1. The number of aliphatic hydroxyl groups excluding tert-OH is 1. The quantitative estimate of drug-likeness (QED) is 0.421. The van der Waals surface area contributed by atoms with Crippen LogP contribution in [-0.4, -0.2) is 22.5 Å². The molecule has 1 N–H and O–H groups in total. The molecule has 4 rings (SSSR count). The lowest BCUT2D eigenvalue weighted by Gasteiger charge is -2.64. The van der Waals surface area contributed by atoms with Crippen LogP contribution in [0.4, 0.5) is 0 Å². The zero-order valence-electron chi connectivity index (χ0n) is 24.1. The smallest absolute Gasteiger partial charge is 0.190 e. The highest BCUT2D eigenvalue weighted by Crippen LogP contribution is 2.71. The number of carbonyl (C=O) groups is 3. The van der Waals surface area contributed by atoms with Gasteiger partial charge in [0, 0.05) is 23.0 Å². The third kappa shape index (κ3) is 2.85. The molecule has 0 heterocycles. The van der Waals surface area contributed by atoms with Crippen molar-refractivity contribution in [3.63, 3.8) is 0 Å². The van der Waals surface area contributed by atoms with Crippen molar-refractivity contribution in [2.24, 2.45) is 22.2 Å². The summed E-state index contributed by atoms with van der Waals surface area (Å²) in [4.78, 5) is 40.3. The van der Waals surface area contributed by atoms with E-state index in [1.165, 1.54) is 12.5 Å². The zero-order chi connectivity index (χ0) is 27.5. The van der Waals surface area contributed by atoms with Gasteiger partial charge in [-0.25, -0.2) is 0 Å². The van der Waals surface area contributed by atoms with Crippen LogP contribution in [0.5, 0.6) is 0 Å². The summed E-state index contributed by atoms with van der Waals surface area (Å²) in [5, 5.41) is 11.6. The number of fused-ring (bicyclic) bond motifs is 3. The first-order chi connectivity index (χ1) is 16.3. The summed E-state index contributed by atoms with van der Waals surface area (Å²) in [5.41, 5.74) is 4.36. The number of hydrogen-bond donors (Lipinski definition) is 1. The third-order valence-electron chi connectivity index (χ3n) is 11.0. The van der Waals surface area contributed by atoms with Crippen LogP contribution in [0.2, 0.25) is 0 Å². The predicted octanol–water partition coefficient (Wildman–Crippen LogP) is 7.26. The Kier molecular flexibility index (Phi) is 5.55. The minimum atomic E-state index is -0.992. The fourth-order valence-corrected chi connectivity index (χ4v) is 8.34. The lowest BCUT2D eigenvalue weighted by molar-refractivity contribution is -0.131. The normalized spacial score (nSPS) is 34.4. The van der Waals surface area contributed by atoms with E-state index in [2.05, 4.69) is 68.4 Å². The molecule has 1 aromatic rings. The van der Waals surface area contributed by atoms with E-state index in [4.69, 9.17) is 0 Å². The molecular formula is C32H42O4. The summed E-state index contributed by atoms with van der Waals surface area (Å²) in [7, 11) is 0. The zero-order valence-corrected chi connectivity index (χ0v) is 24.1. The summed E-state index contributed by atoms with van der Waals surface area (Å²) in [6.45, 7) is 24.5. The highest BCUT2D eigenvalue weighted by Gasteiger charge is 2.67. The number of aryl methyl sites for hydroxylation is 1. The van der Waals surface area contributed by atoms with Gasteiger partial charge in [0.2, 0.25) is 0 Å². The van der Waals surface area contributed by atoms with Gasteiger partial charge in [0.25, 0.3) is 0 Å². The predicted molar refractivity (Wildman–Crippen MR) is 144 cm³/mol. The molecule has 0 radical (unpaired) electrons. The van der Waals surface area contributed by atoms with Gasteiger partial charge in [-0.2, -0.15) is 0 Å². The molecule has 1 aromatic carbocycles. The summed E-state index contributed by atoms with van der Waals surface area (Å²) < 4.78 is 0. The van der Waals surface area contributed by atoms with Crippen LogP contribution in [0.15, 0.2) is 28.5 Å². The number of Topliss-reactive ketones (excluding diaryl/α,β-unsaturated/α-hetero) is 3. The van der Waals surface area contributed by atoms with E-state index in [0.717, 1.165) is 33.4 Å².